The van der Waals surface area contributed by atoms with Crippen LogP contribution in [0.1, 0.15) is 17.3 Å². The Balaban J connectivity index is 1.94. The summed E-state index contributed by atoms with van der Waals surface area (Å²) in [5, 5.41) is 2.17. The fourth-order valence-corrected chi connectivity index (χ4v) is 2.45. The molecule has 0 spiro atoms. The second-order valence-corrected chi connectivity index (χ2v) is 4.86. The summed E-state index contributed by atoms with van der Waals surface area (Å²) in [6.45, 7) is 0. The average molecular weight is 266 g/mol. The van der Waals surface area contributed by atoms with E-state index in [1.54, 1.807) is 12.3 Å². The number of halogens is 1. The summed E-state index contributed by atoms with van der Waals surface area (Å²) < 4.78 is 13.2. The van der Waals surface area contributed by atoms with Gasteiger partial charge in [-0.2, -0.15) is 0 Å². The highest BCUT2D eigenvalue weighted by Gasteiger charge is 2.12. The Hall–Kier alpha value is -2.26. The van der Waals surface area contributed by atoms with Gasteiger partial charge in [-0.15, -0.1) is 0 Å². The Bertz CT molecular complexity index is 734. The predicted octanol–water partition coefficient (Wildman–Crippen LogP) is 3.62. The van der Waals surface area contributed by atoms with Crippen LogP contribution in [0.3, 0.4) is 0 Å². The van der Waals surface area contributed by atoms with Gasteiger partial charge in [-0.1, -0.05) is 36.4 Å². The van der Waals surface area contributed by atoms with Crippen LogP contribution in [0.15, 0.2) is 60.8 Å². The summed E-state index contributed by atoms with van der Waals surface area (Å²) in [5.41, 5.74) is 7.99. The first-order valence-corrected chi connectivity index (χ1v) is 6.58. The molecule has 0 aliphatic heterocycles. The molecule has 1 aromatic heterocycles. The zero-order chi connectivity index (χ0) is 13.9. The van der Waals surface area contributed by atoms with Crippen LogP contribution >= 0.6 is 0 Å². The molecule has 0 saturated carbocycles. The molecule has 0 bridgehead atoms. The van der Waals surface area contributed by atoms with Gasteiger partial charge in [0.15, 0.2) is 0 Å². The van der Waals surface area contributed by atoms with E-state index >= 15 is 0 Å². The first-order chi connectivity index (χ1) is 9.74. The molecule has 0 aliphatic carbocycles. The third-order valence-corrected chi connectivity index (χ3v) is 3.40. The first-order valence-electron chi connectivity index (χ1n) is 6.58. The normalized spacial score (nSPS) is 12.5. The van der Waals surface area contributed by atoms with Crippen LogP contribution in [0, 0.1) is 5.82 Å². The molecule has 1 unspecified atom stereocenters. The molecule has 1 heterocycles. The van der Waals surface area contributed by atoms with Gasteiger partial charge in [0.2, 0.25) is 0 Å². The number of pyridine rings is 1. The van der Waals surface area contributed by atoms with Crippen molar-refractivity contribution in [2.45, 2.75) is 12.5 Å². The second-order valence-electron chi connectivity index (χ2n) is 4.86. The maximum atomic E-state index is 13.2. The third kappa shape index (κ3) is 2.53. The molecule has 3 rings (SSSR count). The number of hydrogen-bond donors (Lipinski definition) is 1. The molecular formula is C17H15FN2. The zero-order valence-electron chi connectivity index (χ0n) is 11.0. The molecule has 0 aliphatic rings. The van der Waals surface area contributed by atoms with E-state index in [-0.39, 0.29) is 11.9 Å². The second kappa shape index (κ2) is 5.39. The van der Waals surface area contributed by atoms with E-state index in [1.807, 2.05) is 36.4 Å². The maximum absolute atomic E-state index is 13.2. The smallest absolute Gasteiger partial charge is 0.123 e. The van der Waals surface area contributed by atoms with Crippen molar-refractivity contribution >= 4 is 10.8 Å². The lowest BCUT2D eigenvalue weighted by atomic mass is 9.99. The van der Waals surface area contributed by atoms with Gasteiger partial charge in [-0.05, 0) is 35.6 Å². The number of nitrogens with zero attached hydrogens (tertiary/aromatic N) is 1. The number of aromatic nitrogens is 1. The van der Waals surface area contributed by atoms with E-state index < -0.39 is 0 Å². The molecule has 2 aromatic carbocycles. The van der Waals surface area contributed by atoms with Crippen LogP contribution in [0.5, 0.6) is 0 Å². The van der Waals surface area contributed by atoms with Crippen molar-refractivity contribution < 1.29 is 4.39 Å². The lowest BCUT2D eigenvalue weighted by Gasteiger charge is -2.13. The number of nitrogens with two attached hydrogens (primary N) is 1. The van der Waals surface area contributed by atoms with Gasteiger partial charge in [0.1, 0.15) is 5.82 Å². The number of benzene rings is 2. The summed E-state index contributed by atoms with van der Waals surface area (Å²) in [7, 11) is 0. The fraction of sp³-hybridized carbons (Fsp3) is 0.118. The molecule has 1 atom stereocenters. The van der Waals surface area contributed by atoms with E-state index in [0.717, 1.165) is 22.0 Å². The van der Waals surface area contributed by atoms with Crippen LogP contribution < -0.4 is 5.73 Å². The molecule has 0 amide bonds. The fourth-order valence-electron chi connectivity index (χ4n) is 2.45. The standard InChI is InChI=1S/C17H15FN2/c18-14-6-3-4-12(10-14)11-16(19)17-15-7-2-1-5-13(15)8-9-20-17/h1-10,16H,11,19H2. The summed E-state index contributed by atoms with van der Waals surface area (Å²) >= 11 is 0. The zero-order valence-corrected chi connectivity index (χ0v) is 11.0. The highest BCUT2D eigenvalue weighted by molar-refractivity contribution is 5.84. The summed E-state index contributed by atoms with van der Waals surface area (Å²) in [5.74, 6) is -0.236. The Morgan fingerprint density at radius 3 is 2.75 bits per heavy atom. The first kappa shape index (κ1) is 12.8. The Morgan fingerprint density at radius 1 is 1.05 bits per heavy atom. The average Bonchev–Trinajstić information content (AvgIpc) is 2.46. The predicted molar refractivity (Wildman–Crippen MR) is 78.8 cm³/mol. The molecule has 0 saturated heterocycles. The Kier molecular flexibility index (Phi) is 3.44. The van der Waals surface area contributed by atoms with Crippen molar-refractivity contribution in [1.29, 1.82) is 0 Å². The number of rotatable bonds is 3. The molecule has 3 heteroatoms. The molecule has 2 N–H and O–H groups in total. The molecule has 20 heavy (non-hydrogen) atoms. The summed E-state index contributed by atoms with van der Waals surface area (Å²) in [4.78, 5) is 4.41. The topological polar surface area (TPSA) is 38.9 Å². The van der Waals surface area contributed by atoms with Gasteiger partial charge in [0, 0.05) is 11.6 Å². The van der Waals surface area contributed by atoms with Gasteiger partial charge >= 0.3 is 0 Å². The third-order valence-electron chi connectivity index (χ3n) is 3.40. The number of hydrogen-bond acceptors (Lipinski definition) is 2. The van der Waals surface area contributed by atoms with Gasteiger partial charge in [-0.25, -0.2) is 4.39 Å². The van der Waals surface area contributed by atoms with E-state index in [9.17, 15) is 4.39 Å². The van der Waals surface area contributed by atoms with Gasteiger partial charge in [0.05, 0.1) is 11.7 Å². The Morgan fingerprint density at radius 2 is 1.90 bits per heavy atom. The van der Waals surface area contributed by atoms with Crippen molar-refractivity contribution in [2.24, 2.45) is 5.73 Å². The van der Waals surface area contributed by atoms with Crippen LogP contribution in [0.25, 0.3) is 10.8 Å². The molecule has 100 valence electrons. The summed E-state index contributed by atoms with van der Waals surface area (Å²) in [6.07, 6.45) is 2.34. The quantitative estimate of drug-likeness (QED) is 0.786. The van der Waals surface area contributed by atoms with Gasteiger partial charge < -0.3 is 5.73 Å². The minimum Gasteiger partial charge on any atom is -0.322 e. The highest BCUT2D eigenvalue weighted by atomic mass is 19.1. The van der Waals surface area contributed by atoms with Crippen molar-refractivity contribution in [3.63, 3.8) is 0 Å². The van der Waals surface area contributed by atoms with Gasteiger partial charge in [0.25, 0.3) is 0 Å². The lowest BCUT2D eigenvalue weighted by molar-refractivity contribution is 0.621. The van der Waals surface area contributed by atoms with Crippen LogP contribution in [0.2, 0.25) is 0 Å². The van der Waals surface area contributed by atoms with Crippen molar-refractivity contribution in [3.05, 3.63) is 77.9 Å². The van der Waals surface area contributed by atoms with Crippen molar-refractivity contribution in [3.8, 4) is 0 Å². The van der Waals surface area contributed by atoms with Gasteiger partial charge in [-0.3, -0.25) is 4.98 Å². The summed E-state index contributed by atoms with van der Waals surface area (Å²) in [6, 6.07) is 16.3. The Labute approximate surface area is 117 Å². The monoisotopic (exact) mass is 266 g/mol. The SMILES string of the molecule is NC(Cc1cccc(F)c1)c1nccc2ccccc12. The van der Waals surface area contributed by atoms with Crippen molar-refractivity contribution in [1.82, 2.24) is 4.98 Å². The van der Waals surface area contributed by atoms with Crippen molar-refractivity contribution in [2.75, 3.05) is 0 Å². The van der Waals surface area contributed by atoms with E-state index in [4.69, 9.17) is 5.73 Å². The van der Waals surface area contributed by atoms with Crippen LogP contribution in [-0.2, 0) is 6.42 Å². The maximum Gasteiger partial charge on any atom is 0.123 e. The molecule has 0 fully saturated rings. The van der Waals surface area contributed by atoms with E-state index in [1.165, 1.54) is 12.1 Å². The largest absolute Gasteiger partial charge is 0.322 e. The lowest BCUT2D eigenvalue weighted by Crippen LogP contribution is -2.15. The van der Waals surface area contributed by atoms with E-state index in [2.05, 4.69) is 4.98 Å². The van der Waals surface area contributed by atoms with E-state index in [0.29, 0.717) is 6.42 Å². The van der Waals surface area contributed by atoms with Crippen LogP contribution in [0.4, 0.5) is 4.39 Å². The minimum absolute atomic E-state index is 0.236. The highest BCUT2D eigenvalue weighted by Crippen LogP contribution is 2.23. The minimum atomic E-state index is -0.247. The molecule has 0 radical (unpaired) electrons. The number of fused-ring (bicyclic) bond motifs is 1. The molecular weight excluding hydrogens is 251 g/mol. The molecule has 3 aromatic rings. The van der Waals surface area contributed by atoms with Crippen LogP contribution in [-0.4, -0.2) is 4.98 Å². The molecule has 2 nitrogen and oxygen atoms in total.